The summed E-state index contributed by atoms with van der Waals surface area (Å²) in [5, 5.41) is 0.182. The Morgan fingerprint density at radius 3 is 2.69 bits per heavy atom. The minimum atomic E-state index is -3.48. The topological polar surface area (TPSA) is 59.1 Å². The Hall–Kier alpha value is -0.650. The fourth-order valence-corrected chi connectivity index (χ4v) is 3.46. The van der Waals surface area contributed by atoms with Crippen molar-refractivity contribution in [1.29, 1.82) is 0 Å². The van der Waals surface area contributed by atoms with E-state index in [1.165, 1.54) is 18.3 Å². The average molecular weight is 261 g/mol. The van der Waals surface area contributed by atoms with Crippen molar-refractivity contribution < 1.29 is 8.42 Å². The standard InChI is InChI=1S/C10H13ClN2O2S/c1-10(4-2-5-10)13-16(14,15)8-3-6-12-9(11)7-8/h3,6-7,13H,2,4-5H2,1H3. The normalized spacial score (nSPS) is 19.1. The van der Waals surface area contributed by atoms with E-state index in [1.807, 2.05) is 6.92 Å². The molecule has 0 bridgehead atoms. The lowest BCUT2D eigenvalue weighted by Gasteiger charge is -2.38. The molecule has 0 amide bonds. The van der Waals surface area contributed by atoms with Crippen LogP contribution in [-0.2, 0) is 10.0 Å². The molecular weight excluding hydrogens is 248 g/mol. The maximum atomic E-state index is 12.0. The van der Waals surface area contributed by atoms with Gasteiger partial charge in [0.05, 0.1) is 4.90 Å². The number of halogens is 1. The van der Waals surface area contributed by atoms with E-state index in [-0.39, 0.29) is 15.6 Å². The molecule has 1 aliphatic rings. The van der Waals surface area contributed by atoms with Crippen LogP contribution in [0, 0.1) is 0 Å². The van der Waals surface area contributed by atoms with Gasteiger partial charge < -0.3 is 0 Å². The Morgan fingerprint density at radius 1 is 1.50 bits per heavy atom. The second-order valence-corrected chi connectivity index (χ2v) is 6.40. The lowest BCUT2D eigenvalue weighted by molar-refractivity contribution is 0.248. The summed E-state index contributed by atoms with van der Waals surface area (Å²) in [5.74, 6) is 0. The van der Waals surface area contributed by atoms with Crippen LogP contribution in [-0.4, -0.2) is 18.9 Å². The van der Waals surface area contributed by atoms with Crippen LogP contribution in [0.1, 0.15) is 26.2 Å². The highest BCUT2D eigenvalue weighted by atomic mass is 35.5. The van der Waals surface area contributed by atoms with Gasteiger partial charge in [0.2, 0.25) is 10.0 Å². The molecular formula is C10H13ClN2O2S. The van der Waals surface area contributed by atoms with Crippen LogP contribution in [0.3, 0.4) is 0 Å². The zero-order valence-electron chi connectivity index (χ0n) is 8.90. The smallest absolute Gasteiger partial charge is 0.241 e. The van der Waals surface area contributed by atoms with Crippen molar-refractivity contribution in [2.75, 3.05) is 0 Å². The first-order chi connectivity index (χ1) is 7.41. The molecule has 2 rings (SSSR count). The van der Waals surface area contributed by atoms with Crippen molar-refractivity contribution in [3.8, 4) is 0 Å². The molecule has 1 aromatic rings. The monoisotopic (exact) mass is 260 g/mol. The Kier molecular flexibility index (Phi) is 2.94. The highest BCUT2D eigenvalue weighted by Crippen LogP contribution is 2.32. The molecule has 0 unspecified atom stereocenters. The summed E-state index contributed by atoms with van der Waals surface area (Å²) in [5.41, 5.74) is -0.297. The molecule has 16 heavy (non-hydrogen) atoms. The third-order valence-corrected chi connectivity index (χ3v) is 4.69. The Morgan fingerprint density at radius 2 is 2.19 bits per heavy atom. The van der Waals surface area contributed by atoms with E-state index < -0.39 is 10.0 Å². The molecule has 0 aromatic carbocycles. The lowest BCUT2D eigenvalue weighted by Crippen LogP contribution is -2.50. The number of nitrogens with one attached hydrogen (secondary N) is 1. The predicted molar refractivity (Wildman–Crippen MR) is 61.8 cm³/mol. The Bertz CT molecular complexity index is 497. The molecule has 1 heterocycles. The molecule has 1 aromatic heterocycles. The van der Waals surface area contributed by atoms with Gasteiger partial charge in [0, 0.05) is 11.7 Å². The van der Waals surface area contributed by atoms with Crippen LogP contribution in [0.4, 0.5) is 0 Å². The number of hydrogen-bond acceptors (Lipinski definition) is 3. The molecule has 0 aliphatic heterocycles. The number of nitrogens with zero attached hydrogens (tertiary/aromatic N) is 1. The van der Waals surface area contributed by atoms with E-state index >= 15 is 0 Å². The van der Waals surface area contributed by atoms with Crippen LogP contribution < -0.4 is 4.72 Å². The first-order valence-corrected chi connectivity index (χ1v) is 6.93. The number of rotatable bonds is 3. The summed E-state index contributed by atoms with van der Waals surface area (Å²) in [6, 6.07) is 2.79. The van der Waals surface area contributed by atoms with Crippen molar-refractivity contribution >= 4 is 21.6 Å². The Labute approximate surface area is 100 Å². The highest BCUT2D eigenvalue weighted by molar-refractivity contribution is 7.89. The molecule has 0 atom stereocenters. The maximum Gasteiger partial charge on any atom is 0.241 e. The largest absolute Gasteiger partial charge is 0.244 e. The van der Waals surface area contributed by atoms with E-state index in [1.54, 1.807) is 0 Å². The van der Waals surface area contributed by atoms with Crippen molar-refractivity contribution in [3.05, 3.63) is 23.5 Å². The predicted octanol–water partition coefficient (Wildman–Crippen LogP) is 1.96. The summed E-state index contributed by atoms with van der Waals surface area (Å²) in [7, 11) is -3.48. The molecule has 1 N–H and O–H groups in total. The molecule has 4 nitrogen and oxygen atoms in total. The van der Waals surface area contributed by atoms with E-state index in [4.69, 9.17) is 11.6 Å². The summed E-state index contributed by atoms with van der Waals surface area (Å²) in [4.78, 5) is 3.92. The summed E-state index contributed by atoms with van der Waals surface area (Å²) < 4.78 is 26.7. The SMILES string of the molecule is CC1(NS(=O)(=O)c2ccnc(Cl)c2)CCC1. The minimum absolute atomic E-state index is 0.167. The molecule has 1 saturated carbocycles. The number of aromatic nitrogens is 1. The zero-order chi connectivity index (χ0) is 11.8. The lowest BCUT2D eigenvalue weighted by atomic mass is 9.80. The van der Waals surface area contributed by atoms with Crippen LogP contribution >= 0.6 is 11.6 Å². The van der Waals surface area contributed by atoms with Gasteiger partial charge in [-0.1, -0.05) is 11.6 Å². The number of hydrogen-bond donors (Lipinski definition) is 1. The van der Waals surface area contributed by atoms with Gasteiger partial charge in [0.15, 0.2) is 0 Å². The van der Waals surface area contributed by atoms with E-state index in [9.17, 15) is 8.42 Å². The third-order valence-electron chi connectivity index (χ3n) is 2.85. The molecule has 0 spiro atoms. The van der Waals surface area contributed by atoms with Crippen molar-refractivity contribution in [3.63, 3.8) is 0 Å². The van der Waals surface area contributed by atoms with Gasteiger partial charge in [-0.25, -0.2) is 18.1 Å². The van der Waals surface area contributed by atoms with Gasteiger partial charge in [0.1, 0.15) is 5.15 Å². The van der Waals surface area contributed by atoms with Gasteiger partial charge >= 0.3 is 0 Å². The van der Waals surface area contributed by atoms with E-state index in [0.717, 1.165) is 19.3 Å². The number of sulfonamides is 1. The molecule has 0 saturated heterocycles. The second-order valence-electron chi connectivity index (χ2n) is 4.33. The van der Waals surface area contributed by atoms with Crippen LogP contribution in [0.5, 0.6) is 0 Å². The quantitative estimate of drug-likeness (QED) is 0.845. The first kappa shape index (κ1) is 11.8. The molecule has 1 aliphatic carbocycles. The van der Waals surface area contributed by atoms with Crippen LogP contribution in [0.2, 0.25) is 5.15 Å². The first-order valence-electron chi connectivity index (χ1n) is 5.07. The van der Waals surface area contributed by atoms with Crippen LogP contribution in [0.15, 0.2) is 23.2 Å². The zero-order valence-corrected chi connectivity index (χ0v) is 10.5. The van der Waals surface area contributed by atoms with Gasteiger partial charge in [-0.15, -0.1) is 0 Å². The minimum Gasteiger partial charge on any atom is -0.244 e. The van der Waals surface area contributed by atoms with Gasteiger partial charge in [-0.05, 0) is 38.3 Å². The van der Waals surface area contributed by atoms with Crippen molar-refractivity contribution in [1.82, 2.24) is 9.71 Å². The summed E-state index contributed by atoms with van der Waals surface area (Å²) in [6.07, 6.45) is 4.21. The van der Waals surface area contributed by atoms with Crippen molar-refractivity contribution in [2.45, 2.75) is 36.6 Å². The van der Waals surface area contributed by atoms with E-state index in [0.29, 0.717) is 0 Å². The summed E-state index contributed by atoms with van der Waals surface area (Å²) >= 11 is 5.67. The van der Waals surface area contributed by atoms with E-state index in [2.05, 4.69) is 9.71 Å². The van der Waals surface area contributed by atoms with Crippen LogP contribution in [0.25, 0.3) is 0 Å². The van der Waals surface area contributed by atoms with Gasteiger partial charge in [-0.2, -0.15) is 0 Å². The highest BCUT2D eigenvalue weighted by Gasteiger charge is 2.36. The van der Waals surface area contributed by atoms with Gasteiger partial charge in [-0.3, -0.25) is 0 Å². The fourth-order valence-electron chi connectivity index (χ4n) is 1.74. The number of pyridine rings is 1. The molecule has 0 radical (unpaired) electrons. The van der Waals surface area contributed by atoms with Gasteiger partial charge in [0.25, 0.3) is 0 Å². The summed E-state index contributed by atoms with van der Waals surface area (Å²) in [6.45, 7) is 1.91. The average Bonchev–Trinajstić information content (AvgIpc) is 2.15. The second kappa shape index (κ2) is 3.98. The fraction of sp³-hybridized carbons (Fsp3) is 0.500. The maximum absolute atomic E-state index is 12.0. The Balaban J connectivity index is 2.25. The molecule has 1 fully saturated rings. The molecule has 88 valence electrons. The molecule has 6 heteroatoms. The third kappa shape index (κ3) is 2.36. The van der Waals surface area contributed by atoms with Crippen molar-refractivity contribution in [2.24, 2.45) is 0 Å².